The van der Waals surface area contributed by atoms with Crippen LogP contribution in [-0.2, 0) is 27.5 Å². The highest BCUT2D eigenvalue weighted by atomic mass is 32.2. The van der Waals surface area contributed by atoms with Crippen molar-refractivity contribution >= 4 is 15.8 Å². The standard InChI is InChI=1S/C9H12N2O5S/c12-9(13)5-8-10-7(11-16-8)4-6-2-1-3-17(6,14)15/h6H,1-5H2,(H,12,13). The molecule has 1 aliphatic heterocycles. The van der Waals surface area contributed by atoms with E-state index in [1.807, 2.05) is 0 Å². The fourth-order valence-electron chi connectivity index (χ4n) is 1.87. The van der Waals surface area contributed by atoms with E-state index in [-0.39, 0.29) is 30.3 Å². The Balaban J connectivity index is 2.04. The topological polar surface area (TPSA) is 110 Å². The second-order valence-electron chi connectivity index (χ2n) is 4.01. The summed E-state index contributed by atoms with van der Waals surface area (Å²) in [6.45, 7) is 0. The molecule has 0 saturated carbocycles. The summed E-state index contributed by atoms with van der Waals surface area (Å²) in [6, 6.07) is 0. The summed E-state index contributed by atoms with van der Waals surface area (Å²) in [4.78, 5) is 14.3. The van der Waals surface area contributed by atoms with Gasteiger partial charge in [-0.15, -0.1) is 0 Å². The molecule has 2 rings (SSSR count). The minimum absolute atomic E-state index is 0.00268. The molecule has 1 fully saturated rings. The van der Waals surface area contributed by atoms with E-state index in [9.17, 15) is 13.2 Å². The number of rotatable bonds is 4. The van der Waals surface area contributed by atoms with E-state index in [0.29, 0.717) is 12.8 Å². The minimum atomic E-state index is -3.04. The fourth-order valence-corrected chi connectivity index (χ4v) is 3.70. The van der Waals surface area contributed by atoms with Crippen LogP contribution in [0.1, 0.15) is 24.6 Å². The first-order valence-corrected chi connectivity index (χ1v) is 6.94. The summed E-state index contributed by atoms with van der Waals surface area (Å²) in [7, 11) is -3.04. The van der Waals surface area contributed by atoms with Crippen LogP contribution < -0.4 is 0 Å². The van der Waals surface area contributed by atoms with E-state index in [2.05, 4.69) is 10.1 Å². The number of carboxylic acids is 1. The second kappa shape index (κ2) is 4.44. The monoisotopic (exact) mass is 260 g/mol. The van der Waals surface area contributed by atoms with Gasteiger partial charge < -0.3 is 9.63 Å². The van der Waals surface area contributed by atoms with E-state index < -0.39 is 21.1 Å². The van der Waals surface area contributed by atoms with Gasteiger partial charge in [0.15, 0.2) is 15.7 Å². The van der Waals surface area contributed by atoms with Crippen molar-refractivity contribution in [2.24, 2.45) is 0 Å². The molecule has 1 unspecified atom stereocenters. The lowest BCUT2D eigenvalue weighted by Gasteiger charge is -2.04. The normalized spacial score (nSPS) is 22.7. The summed E-state index contributed by atoms with van der Waals surface area (Å²) < 4.78 is 27.9. The van der Waals surface area contributed by atoms with Gasteiger partial charge in [-0.25, -0.2) is 8.42 Å². The predicted molar refractivity (Wildman–Crippen MR) is 56.2 cm³/mol. The third-order valence-corrected chi connectivity index (χ3v) is 4.96. The number of hydrogen-bond donors (Lipinski definition) is 1. The third-order valence-electron chi connectivity index (χ3n) is 2.69. The average Bonchev–Trinajstić information content (AvgIpc) is 2.75. The van der Waals surface area contributed by atoms with Crippen LogP contribution in [0, 0.1) is 0 Å². The molecule has 7 nitrogen and oxygen atoms in total. The molecule has 2 heterocycles. The largest absolute Gasteiger partial charge is 0.481 e. The Kier molecular flexibility index (Phi) is 3.14. The van der Waals surface area contributed by atoms with Crippen molar-refractivity contribution in [2.75, 3.05) is 5.75 Å². The van der Waals surface area contributed by atoms with E-state index in [1.165, 1.54) is 0 Å². The molecule has 8 heteroatoms. The Labute approximate surface area is 97.7 Å². The maximum absolute atomic E-state index is 11.6. The zero-order valence-corrected chi connectivity index (χ0v) is 9.81. The van der Waals surface area contributed by atoms with Gasteiger partial charge in [-0.1, -0.05) is 5.16 Å². The van der Waals surface area contributed by atoms with Gasteiger partial charge in [0, 0.05) is 6.42 Å². The number of hydrogen-bond acceptors (Lipinski definition) is 6. The molecular formula is C9H12N2O5S. The molecule has 17 heavy (non-hydrogen) atoms. The Bertz CT molecular complexity index is 521. The molecule has 94 valence electrons. The van der Waals surface area contributed by atoms with Gasteiger partial charge in [0.25, 0.3) is 0 Å². The number of aliphatic carboxylic acids is 1. The molecule has 1 saturated heterocycles. The Morgan fingerprint density at radius 2 is 2.29 bits per heavy atom. The summed E-state index contributed by atoms with van der Waals surface area (Å²) >= 11 is 0. The van der Waals surface area contributed by atoms with Crippen molar-refractivity contribution in [3.05, 3.63) is 11.7 Å². The Morgan fingerprint density at radius 1 is 1.53 bits per heavy atom. The molecule has 0 amide bonds. The first kappa shape index (κ1) is 12.0. The SMILES string of the molecule is O=C(O)Cc1nc(CC2CCCS2(=O)=O)no1. The van der Waals surface area contributed by atoms with Crippen LogP contribution in [0.2, 0.25) is 0 Å². The van der Waals surface area contributed by atoms with E-state index in [1.54, 1.807) is 0 Å². The van der Waals surface area contributed by atoms with Crippen molar-refractivity contribution in [3.63, 3.8) is 0 Å². The fraction of sp³-hybridized carbons (Fsp3) is 0.667. The van der Waals surface area contributed by atoms with Crippen molar-refractivity contribution < 1.29 is 22.8 Å². The lowest BCUT2D eigenvalue weighted by molar-refractivity contribution is -0.136. The van der Waals surface area contributed by atoms with E-state index >= 15 is 0 Å². The number of carbonyl (C=O) groups is 1. The van der Waals surface area contributed by atoms with Crippen molar-refractivity contribution in [1.82, 2.24) is 10.1 Å². The highest BCUT2D eigenvalue weighted by molar-refractivity contribution is 7.92. The smallest absolute Gasteiger partial charge is 0.312 e. The quantitative estimate of drug-likeness (QED) is 0.799. The maximum atomic E-state index is 11.6. The highest BCUT2D eigenvalue weighted by Crippen LogP contribution is 2.22. The molecule has 0 radical (unpaired) electrons. The average molecular weight is 260 g/mol. The lowest BCUT2D eigenvalue weighted by Crippen LogP contribution is -2.19. The van der Waals surface area contributed by atoms with E-state index in [4.69, 9.17) is 9.63 Å². The van der Waals surface area contributed by atoms with Crippen LogP contribution in [-0.4, -0.2) is 40.6 Å². The lowest BCUT2D eigenvalue weighted by atomic mass is 10.2. The number of carboxylic acid groups (broad SMARTS) is 1. The summed E-state index contributed by atoms with van der Waals surface area (Å²) in [5.74, 6) is -0.592. The molecule has 1 aromatic heterocycles. The molecular weight excluding hydrogens is 248 g/mol. The molecule has 0 bridgehead atoms. The van der Waals surface area contributed by atoms with Gasteiger partial charge in [0.05, 0.1) is 11.0 Å². The highest BCUT2D eigenvalue weighted by Gasteiger charge is 2.32. The zero-order chi connectivity index (χ0) is 12.5. The van der Waals surface area contributed by atoms with Gasteiger partial charge in [-0.2, -0.15) is 4.98 Å². The van der Waals surface area contributed by atoms with Gasteiger partial charge in [-0.05, 0) is 12.8 Å². The van der Waals surface area contributed by atoms with Crippen LogP contribution >= 0.6 is 0 Å². The van der Waals surface area contributed by atoms with Crippen LogP contribution in [0.4, 0.5) is 0 Å². The Morgan fingerprint density at radius 3 is 2.88 bits per heavy atom. The Hall–Kier alpha value is -1.44. The first-order chi connectivity index (χ1) is 7.97. The van der Waals surface area contributed by atoms with Crippen LogP contribution in [0.15, 0.2) is 4.52 Å². The number of sulfone groups is 1. The molecule has 1 aliphatic rings. The molecule has 0 aliphatic carbocycles. The van der Waals surface area contributed by atoms with E-state index in [0.717, 1.165) is 0 Å². The van der Waals surface area contributed by atoms with Crippen molar-refractivity contribution in [3.8, 4) is 0 Å². The van der Waals surface area contributed by atoms with Crippen LogP contribution in [0.25, 0.3) is 0 Å². The molecule has 1 aromatic rings. The maximum Gasteiger partial charge on any atom is 0.312 e. The summed E-state index contributed by atoms with van der Waals surface area (Å²) in [5.41, 5.74) is 0. The van der Waals surface area contributed by atoms with Gasteiger partial charge >= 0.3 is 5.97 Å². The predicted octanol–water partition coefficient (Wildman–Crippen LogP) is -0.184. The van der Waals surface area contributed by atoms with Gasteiger partial charge in [0.1, 0.15) is 6.42 Å². The molecule has 0 aromatic carbocycles. The zero-order valence-electron chi connectivity index (χ0n) is 9.00. The first-order valence-electron chi connectivity index (χ1n) is 5.22. The summed E-state index contributed by atoms with van der Waals surface area (Å²) in [6.07, 6.45) is 1.12. The molecule has 1 N–H and O–H groups in total. The van der Waals surface area contributed by atoms with Crippen LogP contribution in [0.3, 0.4) is 0 Å². The number of nitrogens with zero attached hydrogens (tertiary/aromatic N) is 2. The summed E-state index contributed by atoms with van der Waals surface area (Å²) in [5, 5.41) is 11.6. The minimum Gasteiger partial charge on any atom is -0.481 e. The van der Waals surface area contributed by atoms with Gasteiger partial charge in [0.2, 0.25) is 5.89 Å². The van der Waals surface area contributed by atoms with Gasteiger partial charge in [-0.3, -0.25) is 4.79 Å². The molecule has 1 atom stereocenters. The molecule has 0 spiro atoms. The van der Waals surface area contributed by atoms with Crippen molar-refractivity contribution in [1.29, 1.82) is 0 Å². The van der Waals surface area contributed by atoms with Crippen LogP contribution in [0.5, 0.6) is 0 Å². The second-order valence-corrected chi connectivity index (χ2v) is 6.41. The van der Waals surface area contributed by atoms with Crippen molar-refractivity contribution in [2.45, 2.75) is 30.9 Å². The number of aromatic nitrogens is 2. The third kappa shape index (κ3) is 2.82.